The van der Waals surface area contributed by atoms with Crippen LogP contribution in [-0.2, 0) is 4.79 Å². The smallest absolute Gasteiger partial charge is 0.306 e. The number of rotatable bonds is 8. The first-order valence-corrected chi connectivity index (χ1v) is 11.4. The molecule has 0 saturated heterocycles. The van der Waals surface area contributed by atoms with Crippen LogP contribution in [0.1, 0.15) is 46.4 Å². The van der Waals surface area contributed by atoms with Crippen molar-refractivity contribution in [2.45, 2.75) is 31.8 Å². The molecule has 2 aromatic carbocycles. The van der Waals surface area contributed by atoms with E-state index in [-0.39, 0.29) is 23.8 Å². The fraction of sp³-hybridized carbons (Fsp3) is 0.308. The van der Waals surface area contributed by atoms with E-state index in [9.17, 15) is 14.4 Å². The molecule has 3 N–H and O–H groups in total. The molecule has 4 rings (SSSR count). The minimum Gasteiger partial charge on any atom is -0.490 e. The number of fused-ring (bicyclic) bond motifs is 1. The maximum Gasteiger partial charge on any atom is 0.306 e. The normalized spacial score (nSPS) is 17.6. The third-order valence-corrected chi connectivity index (χ3v) is 6.04. The molecule has 176 valence electrons. The first-order chi connectivity index (χ1) is 16.5. The number of nitrogens with zero attached hydrogens (tertiary/aromatic N) is 1. The summed E-state index contributed by atoms with van der Waals surface area (Å²) in [5.41, 5.74) is 1.04. The maximum atomic E-state index is 12.4. The molecule has 1 aromatic heterocycles. The van der Waals surface area contributed by atoms with Gasteiger partial charge in [-0.15, -0.1) is 0 Å². The molecule has 34 heavy (non-hydrogen) atoms. The Morgan fingerprint density at radius 3 is 2.18 bits per heavy atom. The third-order valence-electron chi connectivity index (χ3n) is 6.04. The van der Waals surface area contributed by atoms with E-state index < -0.39 is 5.97 Å². The lowest BCUT2D eigenvalue weighted by atomic mass is 9.87. The average Bonchev–Trinajstić information content (AvgIpc) is 2.87. The molecule has 1 heterocycles. The van der Waals surface area contributed by atoms with Gasteiger partial charge >= 0.3 is 5.97 Å². The number of carboxylic acid groups (broad SMARTS) is 1. The van der Waals surface area contributed by atoms with E-state index in [1.165, 1.54) is 0 Å². The van der Waals surface area contributed by atoms with E-state index in [2.05, 4.69) is 15.6 Å². The van der Waals surface area contributed by atoms with Gasteiger partial charge in [-0.1, -0.05) is 6.07 Å². The maximum absolute atomic E-state index is 12.4. The summed E-state index contributed by atoms with van der Waals surface area (Å²) in [6.07, 6.45) is 6.08. The van der Waals surface area contributed by atoms with E-state index >= 15 is 0 Å². The SMILES string of the molecule is O=C(NCCNC(=O)c1ccc2ccncc2c1)c1ccc(OC2CCC(C(=O)O)CC2)cc1. The summed E-state index contributed by atoms with van der Waals surface area (Å²) in [7, 11) is 0. The number of aliphatic carboxylic acids is 1. The number of benzene rings is 2. The Hall–Kier alpha value is -3.94. The number of carbonyl (C=O) groups excluding carboxylic acids is 2. The predicted molar refractivity (Wildman–Crippen MR) is 127 cm³/mol. The molecule has 8 nitrogen and oxygen atoms in total. The van der Waals surface area contributed by atoms with Crippen molar-refractivity contribution in [3.63, 3.8) is 0 Å². The molecule has 1 fully saturated rings. The Morgan fingerprint density at radius 1 is 0.853 bits per heavy atom. The molecule has 0 radical (unpaired) electrons. The summed E-state index contributed by atoms with van der Waals surface area (Å²) in [4.78, 5) is 39.9. The molecule has 0 aliphatic heterocycles. The predicted octanol–water partition coefficient (Wildman–Crippen LogP) is 3.42. The summed E-state index contributed by atoms with van der Waals surface area (Å²) in [6.45, 7) is 0.598. The summed E-state index contributed by atoms with van der Waals surface area (Å²) < 4.78 is 5.94. The molecule has 1 aliphatic rings. The highest BCUT2D eigenvalue weighted by Crippen LogP contribution is 2.28. The molecule has 2 amide bonds. The van der Waals surface area contributed by atoms with Crippen LogP contribution in [0.3, 0.4) is 0 Å². The molecule has 0 spiro atoms. The Morgan fingerprint density at radius 2 is 1.50 bits per heavy atom. The van der Waals surface area contributed by atoms with E-state index in [1.54, 1.807) is 48.8 Å². The van der Waals surface area contributed by atoms with Crippen molar-refractivity contribution in [3.05, 3.63) is 72.1 Å². The number of carboxylic acids is 1. The van der Waals surface area contributed by atoms with Crippen molar-refractivity contribution in [2.24, 2.45) is 5.92 Å². The van der Waals surface area contributed by atoms with E-state index in [1.807, 2.05) is 12.1 Å². The largest absolute Gasteiger partial charge is 0.490 e. The average molecular weight is 462 g/mol. The number of hydrogen-bond acceptors (Lipinski definition) is 5. The number of hydrogen-bond donors (Lipinski definition) is 3. The highest BCUT2D eigenvalue weighted by atomic mass is 16.5. The second kappa shape index (κ2) is 10.8. The molecule has 1 saturated carbocycles. The van der Waals surface area contributed by atoms with Crippen LogP contribution < -0.4 is 15.4 Å². The minimum absolute atomic E-state index is 0.00208. The summed E-state index contributed by atoms with van der Waals surface area (Å²) in [5, 5.41) is 16.6. The van der Waals surface area contributed by atoms with Crippen LogP contribution in [-0.4, -0.2) is 47.1 Å². The van der Waals surface area contributed by atoms with Crippen LogP contribution in [0.25, 0.3) is 10.8 Å². The molecule has 1 aliphatic carbocycles. The van der Waals surface area contributed by atoms with Crippen molar-refractivity contribution >= 4 is 28.6 Å². The third kappa shape index (κ3) is 5.89. The summed E-state index contributed by atoms with van der Waals surface area (Å²) >= 11 is 0. The lowest BCUT2D eigenvalue weighted by Gasteiger charge is -2.26. The molecular weight excluding hydrogens is 434 g/mol. The van der Waals surface area contributed by atoms with Crippen molar-refractivity contribution < 1.29 is 24.2 Å². The van der Waals surface area contributed by atoms with Gasteiger partial charge in [-0.3, -0.25) is 19.4 Å². The van der Waals surface area contributed by atoms with Crippen LogP contribution in [0.5, 0.6) is 5.75 Å². The fourth-order valence-electron chi connectivity index (χ4n) is 4.09. The molecule has 8 heteroatoms. The summed E-state index contributed by atoms with van der Waals surface area (Å²) in [6, 6.07) is 14.2. The minimum atomic E-state index is -0.736. The van der Waals surface area contributed by atoms with Gasteiger partial charge in [0.15, 0.2) is 0 Å². The molecular formula is C26H27N3O5. The fourth-order valence-corrected chi connectivity index (χ4v) is 4.09. The van der Waals surface area contributed by atoms with Gasteiger partial charge in [-0.05, 0) is 73.5 Å². The lowest BCUT2D eigenvalue weighted by molar-refractivity contribution is -0.143. The first-order valence-electron chi connectivity index (χ1n) is 11.4. The topological polar surface area (TPSA) is 118 Å². The first kappa shape index (κ1) is 23.2. The number of pyridine rings is 1. The van der Waals surface area contributed by atoms with Crippen LogP contribution in [0.15, 0.2) is 60.9 Å². The zero-order valence-corrected chi connectivity index (χ0v) is 18.7. The van der Waals surface area contributed by atoms with Gasteiger partial charge in [0.1, 0.15) is 5.75 Å². The highest BCUT2D eigenvalue weighted by Gasteiger charge is 2.26. The van der Waals surface area contributed by atoms with Gasteiger partial charge in [-0.2, -0.15) is 0 Å². The zero-order chi connectivity index (χ0) is 23.9. The Kier molecular flexibility index (Phi) is 7.37. The standard InChI is InChI=1S/C26H27N3O5/c30-24(18-3-7-22(8-4-18)34-23-9-5-19(6-10-23)26(32)33)28-13-14-29-25(31)20-2-1-17-11-12-27-16-21(17)15-20/h1-4,7-8,11-12,15-16,19,23H,5-6,9-10,13-14H2,(H,28,30)(H,29,31)(H,32,33). The van der Waals surface area contributed by atoms with Crippen molar-refractivity contribution in [3.8, 4) is 5.75 Å². The monoisotopic (exact) mass is 461 g/mol. The van der Waals surface area contributed by atoms with Crippen molar-refractivity contribution in [1.29, 1.82) is 0 Å². The van der Waals surface area contributed by atoms with Crippen molar-refractivity contribution in [2.75, 3.05) is 13.1 Å². The number of aromatic nitrogens is 1. The van der Waals surface area contributed by atoms with Crippen molar-refractivity contribution in [1.82, 2.24) is 15.6 Å². The quantitative estimate of drug-likeness (QED) is 0.443. The van der Waals surface area contributed by atoms with E-state index in [4.69, 9.17) is 9.84 Å². The van der Waals surface area contributed by atoms with Gasteiger partial charge in [-0.25, -0.2) is 0 Å². The Labute approximate surface area is 197 Å². The number of carbonyl (C=O) groups is 3. The summed E-state index contributed by atoms with van der Waals surface area (Å²) in [5.74, 6) is -0.799. The zero-order valence-electron chi connectivity index (χ0n) is 18.7. The van der Waals surface area contributed by atoms with E-state index in [0.29, 0.717) is 55.6 Å². The van der Waals surface area contributed by atoms with Crippen LogP contribution in [0.4, 0.5) is 0 Å². The van der Waals surface area contributed by atoms with Gasteiger partial charge in [0.05, 0.1) is 12.0 Å². The van der Waals surface area contributed by atoms with Gasteiger partial charge < -0.3 is 20.5 Å². The second-order valence-corrected chi connectivity index (χ2v) is 8.40. The number of amides is 2. The lowest BCUT2D eigenvalue weighted by Crippen LogP contribution is -2.34. The van der Waals surface area contributed by atoms with Gasteiger partial charge in [0.2, 0.25) is 0 Å². The van der Waals surface area contributed by atoms with Gasteiger partial charge in [0, 0.05) is 42.0 Å². The Balaban J connectivity index is 1.19. The molecule has 0 unspecified atom stereocenters. The van der Waals surface area contributed by atoms with Crippen LogP contribution in [0, 0.1) is 5.92 Å². The number of nitrogens with one attached hydrogen (secondary N) is 2. The van der Waals surface area contributed by atoms with E-state index in [0.717, 1.165) is 10.8 Å². The van der Waals surface area contributed by atoms with Crippen LogP contribution >= 0.6 is 0 Å². The number of ether oxygens (including phenoxy) is 1. The highest BCUT2D eigenvalue weighted by molar-refractivity contribution is 5.98. The Bertz CT molecular complexity index is 1170. The molecule has 0 atom stereocenters. The molecule has 0 bridgehead atoms. The molecule has 3 aromatic rings. The second-order valence-electron chi connectivity index (χ2n) is 8.40. The van der Waals surface area contributed by atoms with Crippen LogP contribution in [0.2, 0.25) is 0 Å². The van der Waals surface area contributed by atoms with Gasteiger partial charge in [0.25, 0.3) is 11.8 Å².